The zero-order valence-electron chi connectivity index (χ0n) is 18.1. The lowest BCUT2D eigenvalue weighted by atomic mass is 10.1. The number of esters is 1. The third-order valence-corrected chi connectivity index (χ3v) is 5.18. The third kappa shape index (κ3) is 6.10. The first-order valence-electron chi connectivity index (χ1n) is 9.83. The summed E-state index contributed by atoms with van der Waals surface area (Å²) in [4.78, 5) is 20.2. The van der Waals surface area contributed by atoms with Crippen LogP contribution < -0.4 is 4.72 Å². The van der Waals surface area contributed by atoms with Crippen LogP contribution in [0.25, 0.3) is 16.2 Å². The largest absolute Gasteiger partial charge is 0.451 e. The van der Waals surface area contributed by atoms with Gasteiger partial charge in [-0.1, -0.05) is 35.5 Å². The second kappa shape index (κ2) is 10.3. The van der Waals surface area contributed by atoms with E-state index in [1.807, 2.05) is 0 Å². The maximum Gasteiger partial charge on any atom is 0.312 e. The highest BCUT2D eigenvalue weighted by Gasteiger charge is 2.28. The Labute approximate surface area is 194 Å². The smallest absolute Gasteiger partial charge is 0.312 e. The van der Waals surface area contributed by atoms with Crippen LogP contribution in [0.1, 0.15) is 23.1 Å². The molecule has 0 amide bonds. The van der Waals surface area contributed by atoms with Crippen molar-refractivity contribution in [2.45, 2.75) is 32.5 Å². The molecule has 0 aliphatic rings. The second-order valence-corrected chi connectivity index (χ2v) is 8.97. The summed E-state index contributed by atoms with van der Waals surface area (Å²) in [6.45, 7) is 8.41. The van der Waals surface area contributed by atoms with Crippen LogP contribution >= 0.6 is 0 Å². The number of hydrogen-bond acceptors (Lipinski definition) is 7. The van der Waals surface area contributed by atoms with Crippen LogP contribution in [0, 0.1) is 13.5 Å². The zero-order valence-corrected chi connectivity index (χ0v) is 19.0. The van der Waals surface area contributed by atoms with E-state index in [4.69, 9.17) is 11.3 Å². The number of hydrogen-bond donors (Lipinski definition) is 1. The Morgan fingerprint density at radius 1 is 1.24 bits per heavy atom. The summed E-state index contributed by atoms with van der Waals surface area (Å²) in [5.74, 6) is -0.962. The van der Waals surface area contributed by atoms with E-state index < -0.39 is 34.9 Å². The highest BCUT2D eigenvalue weighted by molar-refractivity contribution is 7.92. The summed E-state index contributed by atoms with van der Waals surface area (Å²) in [7, 11) is -3.52. The molecule has 0 saturated heterocycles. The minimum atomic E-state index is -3.52. The Morgan fingerprint density at radius 2 is 1.94 bits per heavy atom. The molecule has 2 heterocycles. The number of rotatable bonds is 9. The number of sulfonamides is 1. The number of carbonyl (C=O) groups excluding carboxylic acids is 1. The first-order valence-corrected chi connectivity index (χ1v) is 11.7. The highest BCUT2D eigenvalue weighted by atomic mass is 32.2. The van der Waals surface area contributed by atoms with E-state index in [0.717, 1.165) is 10.9 Å². The molecule has 0 fully saturated rings. The van der Waals surface area contributed by atoms with Gasteiger partial charge in [0.25, 0.3) is 6.43 Å². The van der Waals surface area contributed by atoms with Crippen molar-refractivity contribution < 1.29 is 26.7 Å². The lowest BCUT2D eigenvalue weighted by Gasteiger charge is -2.17. The normalized spacial score (nSPS) is 12.2. The van der Waals surface area contributed by atoms with Gasteiger partial charge in [-0.25, -0.2) is 28.8 Å². The average Bonchev–Trinajstić information content (AvgIpc) is 3.15. The summed E-state index contributed by atoms with van der Waals surface area (Å²) in [6.07, 6.45) is -4.19. The molecule has 3 aromatic rings. The van der Waals surface area contributed by atoms with Crippen LogP contribution in [0.4, 0.5) is 14.5 Å². The Morgan fingerprint density at radius 3 is 2.53 bits per heavy atom. The van der Waals surface area contributed by atoms with Gasteiger partial charge in [-0.2, -0.15) is 4.68 Å². The zero-order chi connectivity index (χ0) is 24.9. The van der Waals surface area contributed by atoms with Gasteiger partial charge in [0.1, 0.15) is 5.69 Å². The third-order valence-electron chi connectivity index (χ3n) is 4.59. The molecule has 0 aliphatic heterocycles. The average molecular weight is 490 g/mol. The van der Waals surface area contributed by atoms with Crippen LogP contribution in [-0.4, -0.2) is 47.0 Å². The molecule has 178 valence electrons. The Kier molecular flexibility index (Phi) is 7.52. The van der Waals surface area contributed by atoms with Crippen molar-refractivity contribution in [2.24, 2.45) is 0 Å². The molecule has 0 radical (unpaired) electrons. The van der Waals surface area contributed by atoms with Crippen LogP contribution in [0.3, 0.4) is 0 Å². The van der Waals surface area contributed by atoms with Gasteiger partial charge in [0, 0.05) is 0 Å². The fourth-order valence-electron chi connectivity index (χ4n) is 3.12. The van der Waals surface area contributed by atoms with Crippen LogP contribution in [0.5, 0.6) is 0 Å². The topological polar surface area (TPSA) is 120 Å². The van der Waals surface area contributed by atoms with E-state index >= 15 is 0 Å². The van der Waals surface area contributed by atoms with E-state index in [1.54, 1.807) is 25.1 Å². The van der Waals surface area contributed by atoms with E-state index in [9.17, 15) is 22.0 Å². The number of nitrogens with one attached hydrogen (secondary N) is 1. The van der Waals surface area contributed by atoms with Crippen LogP contribution in [-0.2, 0) is 32.6 Å². The molecule has 0 bridgehead atoms. The van der Waals surface area contributed by atoms with Gasteiger partial charge in [0.05, 0.1) is 35.4 Å². The molecule has 1 aromatic carbocycles. The van der Waals surface area contributed by atoms with Crippen LogP contribution in [0.15, 0.2) is 42.5 Å². The molecule has 1 atom stereocenters. The number of ether oxygens (including phenoxy) is 1. The van der Waals surface area contributed by atoms with E-state index in [0.29, 0.717) is 5.69 Å². The maximum absolute atomic E-state index is 13.6. The fourth-order valence-corrected chi connectivity index (χ4v) is 3.73. The van der Waals surface area contributed by atoms with Crippen molar-refractivity contribution in [3.63, 3.8) is 0 Å². The number of alkyl halides is 2. The molecular formula is C21H20F2N6O4S. The lowest BCUT2D eigenvalue weighted by molar-refractivity contribution is -0.157. The maximum atomic E-state index is 13.6. The molecule has 13 heteroatoms. The van der Waals surface area contributed by atoms with Gasteiger partial charge in [-0.15, -0.1) is 5.10 Å². The Hall–Kier alpha value is -3.92. The SMILES string of the molecule is [C-]#[N+]Cn1nnc(-c2ccc(NS(C)(=O)=O)c(C)n2)c1CC(=O)O[C@@H](c1ccccc1)C(F)F. The summed E-state index contributed by atoms with van der Waals surface area (Å²) in [5.41, 5.74) is 1.27. The number of aryl methyl sites for hydroxylation is 1. The standard InChI is InChI=1S/C21H20F2N6O4S/c1-13-15(27-34(3,31)32)9-10-16(25-13)19-17(29(12-24-2)28-26-19)11-18(30)33-20(21(22)23)14-7-5-4-6-8-14/h4-10,20-21,27H,11-12H2,1,3H3/t20-/m0/s1. The molecule has 10 nitrogen and oxygen atoms in total. The molecular weight excluding hydrogens is 470 g/mol. The molecule has 3 rings (SSSR count). The van der Waals surface area contributed by atoms with Gasteiger partial charge in [-0.3, -0.25) is 14.4 Å². The molecule has 0 unspecified atom stereocenters. The number of carbonyl (C=O) groups is 1. The van der Waals surface area contributed by atoms with Crippen molar-refractivity contribution >= 4 is 21.7 Å². The van der Waals surface area contributed by atoms with E-state index in [1.165, 1.54) is 24.3 Å². The summed E-state index contributed by atoms with van der Waals surface area (Å²) in [6, 6.07) is 10.6. The molecule has 2 aromatic heterocycles. The minimum absolute atomic E-state index is 0.142. The van der Waals surface area contributed by atoms with Gasteiger partial charge >= 0.3 is 12.6 Å². The quantitative estimate of drug-likeness (QED) is 0.362. The molecule has 34 heavy (non-hydrogen) atoms. The van der Waals surface area contributed by atoms with Gasteiger partial charge in [-0.05, 0) is 24.6 Å². The number of aromatic nitrogens is 4. The predicted molar refractivity (Wildman–Crippen MR) is 118 cm³/mol. The van der Waals surface area contributed by atoms with E-state index in [-0.39, 0.29) is 35.0 Å². The van der Waals surface area contributed by atoms with Gasteiger partial charge in [0.15, 0.2) is 6.10 Å². The lowest BCUT2D eigenvalue weighted by Crippen LogP contribution is -2.20. The summed E-state index contributed by atoms with van der Waals surface area (Å²) in [5, 5.41) is 7.85. The first kappa shape index (κ1) is 24.7. The number of anilines is 1. The number of halogens is 2. The summed E-state index contributed by atoms with van der Waals surface area (Å²) < 4.78 is 58.7. The fraction of sp³-hybridized carbons (Fsp3) is 0.286. The van der Waals surface area contributed by atoms with Crippen molar-refractivity contribution in [1.82, 2.24) is 20.0 Å². The predicted octanol–water partition coefficient (Wildman–Crippen LogP) is 2.99. The van der Waals surface area contributed by atoms with Crippen molar-refractivity contribution in [1.29, 1.82) is 0 Å². The van der Waals surface area contributed by atoms with Crippen molar-refractivity contribution in [2.75, 3.05) is 11.0 Å². The monoisotopic (exact) mass is 490 g/mol. The van der Waals surface area contributed by atoms with Crippen LogP contribution in [0.2, 0.25) is 0 Å². The minimum Gasteiger partial charge on any atom is -0.451 e. The van der Waals surface area contributed by atoms with Gasteiger partial charge < -0.3 is 4.74 Å². The first-order chi connectivity index (χ1) is 16.1. The summed E-state index contributed by atoms with van der Waals surface area (Å²) >= 11 is 0. The molecule has 0 saturated carbocycles. The number of benzene rings is 1. The Balaban J connectivity index is 1.90. The number of nitrogens with zero attached hydrogens (tertiary/aromatic N) is 5. The molecule has 0 spiro atoms. The van der Waals surface area contributed by atoms with Crippen molar-refractivity contribution in [3.8, 4) is 11.4 Å². The number of pyridine rings is 1. The molecule has 0 aliphatic carbocycles. The van der Waals surface area contributed by atoms with E-state index in [2.05, 4.69) is 24.9 Å². The van der Waals surface area contributed by atoms with Crippen molar-refractivity contribution in [3.05, 3.63) is 70.8 Å². The molecule has 1 N–H and O–H groups in total. The Bertz CT molecular complexity index is 1320. The second-order valence-electron chi connectivity index (χ2n) is 7.22. The highest BCUT2D eigenvalue weighted by Crippen LogP contribution is 2.27. The van der Waals surface area contributed by atoms with Gasteiger partial charge in [0.2, 0.25) is 10.0 Å².